The van der Waals surface area contributed by atoms with Gasteiger partial charge in [-0.2, -0.15) is 0 Å². The van der Waals surface area contributed by atoms with Crippen molar-refractivity contribution in [1.29, 1.82) is 0 Å². The van der Waals surface area contributed by atoms with Crippen LogP contribution in [0, 0.1) is 0 Å². The Bertz CT molecular complexity index is 694. The van der Waals surface area contributed by atoms with E-state index in [1.807, 2.05) is 42.5 Å². The molecule has 1 amide bonds. The minimum absolute atomic E-state index is 0.0229. The van der Waals surface area contributed by atoms with Gasteiger partial charge in [-0.15, -0.1) is 0 Å². The fraction of sp³-hybridized carbons (Fsp3) is 0.333. The number of nitrogens with two attached hydrogens (primary N) is 1. The second-order valence-electron chi connectivity index (χ2n) is 6.03. The molecule has 6 heteroatoms. The highest BCUT2D eigenvalue weighted by Gasteiger charge is 2.26. The number of nitrogens with one attached hydrogen (secondary N) is 1. The first-order valence-electron chi connectivity index (χ1n) is 8.09. The van der Waals surface area contributed by atoms with Gasteiger partial charge in [0.1, 0.15) is 5.82 Å². The topological polar surface area (TPSA) is 71.2 Å². The second-order valence-corrected chi connectivity index (χ2v) is 6.44. The molecule has 0 spiro atoms. The van der Waals surface area contributed by atoms with Crippen LogP contribution in [0.4, 0.5) is 5.82 Å². The van der Waals surface area contributed by atoms with Crippen molar-refractivity contribution in [2.45, 2.75) is 24.9 Å². The Morgan fingerprint density at radius 1 is 1.33 bits per heavy atom. The zero-order valence-corrected chi connectivity index (χ0v) is 14.1. The Morgan fingerprint density at radius 2 is 2.12 bits per heavy atom. The highest BCUT2D eigenvalue weighted by atomic mass is 35.5. The molecule has 2 unspecified atom stereocenters. The van der Waals surface area contributed by atoms with Crippen LogP contribution in [0.5, 0.6) is 0 Å². The minimum Gasteiger partial charge on any atom is -0.353 e. The monoisotopic (exact) mass is 344 g/mol. The van der Waals surface area contributed by atoms with Crippen molar-refractivity contribution >= 4 is 23.3 Å². The lowest BCUT2D eigenvalue weighted by Gasteiger charge is -2.19. The summed E-state index contributed by atoms with van der Waals surface area (Å²) in [5, 5.41) is 3.70. The third-order valence-corrected chi connectivity index (χ3v) is 4.52. The third kappa shape index (κ3) is 4.04. The number of aromatic nitrogens is 1. The van der Waals surface area contributed by atoms with Gasteiger partial charge in [0.2, 0.25) is 5.91 Å². The SMILES string of the molecule is NC(CC(=O)NC1CCN(c2ncccc2Cl)C1)c1ccccc1. The average Bonchev–Trinajstić information content (AvgIpc) is 3.04. The predicted molar refractivity (Wildman–Crippen MR) is 96.0 cm³/mol. The standard InChI is InChI=1S/C18H21ClN4O/c19-15-7-4-9-21-18(15)23-10-8-14(12-23)22-17(24)11-16(20)13-5-2-1-3-6-13/h1-7,9,14,16H,8,10-12,20H2,(H,22,24). The van der Waals surface area contributed by atoms with E-state index in [1.165, 1.54) is 0 Å². The maximum atomic E-state index is 12.2. The van der Waals surface area contributed by atoms with E-state index in [9.17, 15) is 4.79 Å². The molecule has 1 aliphatic rings. The number of halogens is 1. The molecule has 1 saturated heterocycles. The first-order chi connectivity index (χ1) is 11.6. The number of pyridine rings is 1. The first-order valence-corrected chi connectivity index (χ1v) is 8.46. The third-order valence-electron chi connectivity index (χ3n) is 4.22. The summed E-state index contributed by atoms with van der Waals surface area (Å²) in [7, 11) is 0. The zero-order chi connectivity index (χ0) is 16.9. The van der Waals surface area contributed by atoms with E-state index < -0.39 is 0 Å². The molecular formula is C18H21ClN4O. The summed E-state index contributed by atoms with van der Waals surface area (Å²) in [4.78, 5) is 18.7. The molecule has 3 N–H and O–H groups in total. The Labute approximate surface area is 146 Å². The predicted octanol–water partition coefficient (Wildman–Crippen LogP) is 2.52. The highest BCUT2D eigenvalue weighted by Crippen LogP contribution is 2.25. The maximum Gasteiger partial charge on any atom is 0.222 e. The van der Waals surface area contributed by atoms with Gasteiger partial charge in [0.25, 0.3) is 0 Å². The van der Waals surface area contributed by atoms with Gasteiger partial charge < -0.3 is 16.0 Å². The number of anilines is 1. The van der Waals surface area contributed by atoms with Crippen molar-refractivity contribution in [3.8, 4) is 0 Å². The van der Waals surface area contributed by atoms with Gasteiger partial charge in [-0.05, 0) is 24.1 Å². The highest BCUT2D eigenvalue weighted by molar-refractivity contribution is 6.32. The molecule has 0 radical (unpaired) electrons. The van der Waals surface area contributed by atoms with Crippen LogP contribution in [-0.2, 0) is 4.79 Å². The van der Waals surface area contributed by atoms with Crippen LogP contribution >= 0.6 is 11.6 Å². The number of carbonyl (C=O) groups is 1. The van der Waals surface area contributed by atoms with E-state index in [-0.39, 0.29) is 24.4 Å². The van der Waals surface area contributed by atoms with Crippen LogP contribution in [0.15, 0.2) is 48.7 Å². The van der Waals surface area contributed by atoms with Gasteiger partial charge in [0.15, 0.2) is 0 Å². The summed E-state index contributed by atoms with van der Waals surface area (Å²) >= 11 is 6.19. The molecule has 2 aromatic rings. The molecule has 0 aliphatic carbocycles. The number of benzene rings is 1. The zero-order valence-electron chi connectivity index (χ0n) is 13.4. The number of carbonyl (C=O) groups excluding carboxylic acids is 1. The summed E-state index contributed by atoms with van der Waals surface area (Å²) in [6.45, 7) is 1.54. The molecule has 1 aromatic carbocycles. The Morgan fingerprint density at radius 3 is 2.88 bits per heavy atom. The van der Waals surface area contributed by atoms with Gasteiger partial charge in [0, 0.05) is 37.8 Å². The normalized spacial score (nSPS) is 18.4. The summed E-state index contributed by atoms with van der Waals surface area (Å²) < 4.78 is 0. The smallest absolute Gasteiger partial charge is 0.222 e. The van der Waals surface area contributed by atoms with E-state index in [2.05, 4.69) is 15.2 Å². The van der Waals surface area contributed by atoms with E-state index in [0.29, 0.717) is 11.6 Å². The molecule has 0 saturated carbocycles. The molecule has 3 rings (SSSR count). The van der Waals surface area contributed by atoms with Gasteiger partial charge in [-0.3, -0.25) is 4.79 Å². The molecule has 1 fully saturated rings. The van der Waals surface area contributed by atoms with Gasteiger partial charge in [0.05, 0.1) is 5.02 Å². The summed E-state index contributed by atoms with van der Waals surface area (Å²) in [6, 6.07) is 13.1. The molecule has 126 valence electrons. The number of hydrogen-bond acceptors (Lipinski definition) is 4. The summed E-state index contributed by atoms with van der Waals surface area (Å²) in [5.74, 6) is 0.752. The van der Waals surface area contributed by atoms with Crippen molar-refractivity contribution in [2.75, 3.05) is 18.0 Å². The molecule has 5 nitrogen and oxygen atoms in total. The van der Waals surface area contributed by atoms with Crippen molar-refractivity contribution in [3.63, 3.8) is 0 Å². The molecule has 0 bridgehead atoms. The summed E-state index contributed by atoms with van der Waals surface area (Å²) in [5.41, 5.74) is 7.08. The van der Waals surface area contributed by atoms with E-state index in [1.54, 1.807) is 6.20 Å². The fourth-order valence-electron chi connectivity index (χ4n) is 2.98. The number of amides is 1. The largest absolute Gasteiger partial charge is 0.353 e. The molecule has 2 heterocycles. The molecular weight excluding hydrogens is 324 g/mol. The van der Waals surface area contributed by atoms with Gasteiger partial charge in [-0.1, -0.05) is 41.9 Å². The van der Waals surface area contributed by atoms with Crippen molar-refractivity contribution in [2.24, 2.45) is 5.73 Å². The average molecular weight is 345 g/mol. The van der Waals surface area contributed by atoms with Gasteiger partial charge in [-0.25, -0.2) is 4.98 Å². The lowest BCUT2D eigenvalue weighted by molar-refractivity contribution is -0.122. The van der Waals surface area contributed by atoms with Crippen LogP contribution in [-0.4, -0.2) is 30.0 Å². The second kappa shape index (κ2) is 7.64. The number of hydrogen-bond donors (Lipinski definition) is 2. The van der Waals surface area contributed by atoms with E-state index in [0.717, 1.165) is 24.3 Å². The Hall–Kier alpha value is -2.11. The number of rotatable bonds is 5. The lowest BCUT2D eigenvalue weighted by atomic mass is 10.0. The minimum atomic E-state index is -0.283. The van der Waals surface area contributed by atoms with Crippen molar-refractivity contribution in [3.05, 3.63) is 59.2 Å². The Balaban J connectivity index is 1.52. The molecule has 1 aliphatic heterocycles. The van der Waals surface area contributed by atoms with E-state index in [4.69, 9.17) is 17.3 Å². The molecule has 2 atom stereocenters. The van der Waals surface area contributed by atoms with Gasteiger partial charge >= 0.3 is 0 Å². The summed E-state index contributed by atoms with van der Waals surface area (Å²) in [6.07, 6.45) is 2.88. The van der Waals surface area contributed by atoms with E-state index >= 15 is 0 Å². The fourth-order valence-corrected chi connectivity index (χ4v) is 3.23. The van der Waals surface area contributed by atoms with Crippen LogP contribution < -0.4 is 16.0 Å². The first kappa shape index (κ1) is 16.7. The molecule has 24 heavy (non-hydrogen) atoms. The quantitative estimate of drug-likeness (QED) is 0.874. The van der Waals surface area contributed by atoms with Crippen LogP contribution in [0.2, 0.25) is 5.02 Å². The van der Waals surface area contributed by atoms with Crippen molar-refractivity contribution < 1.29 is 4.79 Å². The lowest BCUT2D eigenvalue weighted by Crippen LogP contribution is -2.38. The van der Waals surface area contributed by atoms with Crippen LogP contribution in [0.3, 0.4) is 0 Å². The molecule has 1 aromatic heterocycles. The Kier molecular flexibility index (Phi) is 5.33. The maximum absolute atomic E-state index is 12.2. The van der Waals surface area contributed by atoms with Crippen LogP contribution in [0.25, 0.3) is 0 Å². The van der Waals surface area contributed by atoms with Crippen LogP contribution in [0.1, 0.15) is 24.4 Å². The van der Waals surface area contributed by atoms with Crippen molar-refractivity contribution in [1.82, 2.24) is 10.3 Å². The number of nitrogens with zero attached hydrogens (tertiary/aromatic N) is 2.